The van der Waals surface area contributed by atoms with Gasteiger partial charge in [0.2, 0.25) is 0 Å². The van der Waals surface area contributed by atoms with Crippen molar-refractivity contribution in [1.29, 1.82) is 0 Å². The summed E-state index contributed by atoms with van der Waals surface area (Å²) in [5, 5.41) is 3.60. The van der Waals surface area contributed by atoms with Gasteiger partial charge in [-0.1, -0.05) is 0 Å². The van der Waals surface area contributed by atoms with Crippen molar-refractivity contribution < 1.29 is 4.74 Å². The van der Waals surface area contributed by atoms with Crippen LogP contribution in [0.3, 0.4) is 0 Å². The molecule has 0 atom stereocenters. The van der Waals surface area contributed by atoms with Gasteiger partial charge in [0, 0.05) is 31.5 Å². The van der Waals surface area contributed by atoms with Crippen LogP contribution in [0.5, 0.6) is 0 Å². The molecule has 18 heavy (non-hydrogen) atoms. The van der Waals surface area contributed by atoms with Crippen LogP contribution in [0.1, 0.15) is 18.4 Å². The molecular formula is C14H21N3O. The molecule has 2 aliphatic rings. The van der Waals surface area contributed by atoms with Crippen molar-refractivity contribution in [2.45, 2.75) is 31.8 Å². The maximum Gasteiger partial charge on any atom is 0.0645 e. The van der Waals surface area contributed by atoms with E-state index >= 15 is 0 Å². The Labute approximate surface area is 108 Å². The van der Waals surface area contributed by atoms with Crippen LogP contribution in [0.2, 0.25) is 0 Å². The normalized spacial score (nSPS) is 22.7. The lowest BCUT2D eigenvalue weighted by Crippen LogP contribution is -2.53. The summed E-state index contributed by atoms with van der Waals surface area (Å²) in [4.78, 5) is 6.79. The van der Waals surface area contributed by atoms with E-state index < -0.39 is 0 Å². The molecule has 1 aromatic rings. The average Bonchev–Trinajstić information content (AvgIpc) is 2.29. The van der Waals surface area contributed by atoms with Crippen LogP contribution in [0.15, 0.2) is 18.5 Å². The minimum absolute atomic E-state index is 0.589. The van der Waals surface area contributed by atoms with Gasteiger partial charge >= 0.3 is 0 Å². The standard InChI is InChI=1S/C14H21N3O/c1-11-6-13(8-15-7-11)16-12-2-4-17(5-3-12)14-9-18-10-14/h6-8,12,14,16H,2-5,9-10H2,1H3. The molecule has 0 saturated carbocycles. The molecule has 3 rings (SSSR count). The number of nitrogens with zero attached hydrogens (tertiary/aromatic N) is 2. The molecule has 2 saturated heterocycles. The molecule has 1 N–H and O–H groups in total. The fourth-order valence-corrected chi connectivity index (χ4v) is 2.71. The van der Waals surface area contributed by atoms with E-state index in [0.717, 1.165) is 18.9 Å². The number of rotatable bonds is 3. The largest absolute Gasteiger partial charge is 0.381 e. The van der Waals surface area contributed by atoms with Gasteiger partial charge in [-0.25, -0.2) is 0 Å². The van der Waals surface area contributed by atoms with E-state index in [1.54, 1.807) is 0 Å². The lowest BCUT2D eigenvalue weighted by Gasteiger charge is -2.41. The third-order valence-electron chi connectivity index (χ3n) is 3.91. The molecule has 0 aromatic carbocycles. The third-order valence-corrected chi connectivity index (χ3v) is 3.91. The maximum absolute atomic E-state index is 5.26. The third kappa shape index (κ3) is 2.65. The van der Waals surface area contributed by atoms with Gasteiger partial charge in [0.1, 0.15) is 0 Å². The Morgan fingerprint density at radius 1 is 1.28 bits per heavy atom. The van der Waals surface area contributed by atoms with Crippen LogP contribution < -0.4 is 5.32 Å². The molecule has 1 aromatic heterocycles. The summed E-state index contributed by atoms with van der Waals surface area (Å²) in [5.41, 5.74) is 2.37. The lowest BCUT2D eigenvalue weighted by atomic mass is 10.0. The highest BCUT2D eigenvalue weighted by molar-refractivity contribution is 5.43. The number of piperidine rings is 1. The van der Waals surface area contributed by atoms with Crippen LogP contribution in [0.4, 0.5) is 5.69 Å². The summed E-state index contributed by atoms with van der Waals surface area (Å²) in [6.45, 7) is 6.31. The van der Waals surface area contributed by atoms with Crippen LogP contribution >= 0.6 is 0 Å². The Balaban J connectivity index is 1.50. The van der Waals surface area contributed by atoms with Crippen LogP contribution in [-0.4, -0.2) is 48.3 Å². The molecule has 2 aliphatic heterocycles. The van der Waals surface area contributed by atoms with E-state index in [1.165, 1.54) is 31.5 Å². The molecular weight excluding hydrogens is 226 g/mol. The molecule has 2 fully saturated rings. The second kappa shape index (κ2) is 5.24. The van der Waals surface area contributed by atoms with Gasteiger partial charge in [-0.2, -0.15) is 0 Å². The Morgan fingerprint density at radius 3 is 2.67 bits per heavy atom. The topological polar surface area (TPSA) is 37.4 Å². The zero-order chi connectivity index (χ0) is 12.4. The van der Waals surface area contributed by atoms with Crippen molar-refractivity contribution in [2.24, 2.45) is 0 Å². The first kappa shape index (κ1) is 11.9. The van der Waals surface area contributed by atoms with E-state index in [0.29, 0.717) is 12.1 Å². The van der Waals surface area contributed by atoms with Crippen LogP contribution in [0.25, 0.3) is 0 Å². The van der Waals surface area contributed by atoms with Crippen molar-refractivity contribution in [3.63, 3.8) is 0 Å². The summed E-state index contributed by atoms with van der Waals surface area (Å²) in [6, 6.07) is 3.44. The van der Waals surface area contributed by atoms with Gasteiger partial charge in [0.25, 0.3) is 0 Å². The van der Waals surface area contributed by atoms with E-state index in [9.17, 15) is 0 Å². The molecule has 0 bridgehead atoms. The molecule has 0 radical (unpaired) electrons. The maximum atomic E-state index is 5.26. The van der Waals surface area contributed by atoms with E-state index in [2.05, 4.69) is 28.2 Å². The molecule has 98 valence electrons. The van der Waals surface area contributed by atoms with Crippen LogP contribution in [-0.2, 0) is 4.74 Å². The average molecular weight is 247 g/mol. The second-order valence-corrected chi connectivity index (χ2v) is 5.40. The number of likely N-dealkylation sites (tertiary alicyclic amines) is 1. The first-order chi connectivity index (χ1) is 8.81. The summed E-state index contributed by atoms with van der Waals surface area (Å²) >= 11 is 0. The number of aryl methyl sites for hydroxylation is 1. The van der Waals surface area contributed by atoms with E-state index in [4.69, 9.17) is 4.74 Å². The van der Waals surface area contributed by atoms with Gasteiger partial charge in [0.15, 0.2) is 0 Å². The number of nitrogens with one attached hydrogen (secondary N) is 1. The number of ether oxygens (including phenoxy) is 1. The zero-order valence-corrected chi connectivity index (χ0v) is 10.9. The fourth-order valence-electron chi connectivity index (χ4n) is 2.71. The highest BCUT2D eigenvalue weighted by Crippen LogP contribution is 2.20. The highest BCUT2D eigenvalue weighted by atomic mass is 16.5. The first-order valence-electron chi connectivity index (χ1n) is 6.81. The van der Waals surface area contributed by atoms with Gasteiger partial charge in [-0.3, -0.25) is 9.88 Å². The predicted octanol–water partition coefficient (Wildman–Crippen LogP) is 1.67. The summed E-state index contributed by atoms with van der Waals surface area (Å²) in [5.74, 6) is 0. The van der Waals surface area contributed by atoms with Crippen LogP contribution in [0, 0.1) is 6.92 Å². The number of anilines is 1. The molecule has 4 nitrogen and oxygen atoms in total. The lowest BCUT2D eigenvalue weighted by molar-refractivity contribution is -0.0705. The van der Waals surface area contributed by atoms with Crippen molar-refractivity contribution in [2.75, 3.05) is 31.6 Å². The first-order valence-corrected chi connectivity index (χ1v) is 6.81. The number of hydrogen-bond donors (Lipinski definition) is 1. The number of hydrogen-bond acceptors (Lipinski definition) is 4. The summed E-state index contributed by atoms with van der Waals surface area (Å²) < 4.78 is 5.26. The van der Waals surface area contributed by atoms with Gasteiger partial charge in [-0.05, 0) is 31.4 Å². The second-order valence-electron chi connectivity index (χ2n) is 5.40. The molecule has 0 aliphatic carbocycles. The van der Waals surface area contributed by atoms with Gasteiger partial charge in [0.05, 0.1) is 24.9 Å². The summed E-state index contributed by atoms with van der Waals surface area (Å²) in [6.07, 6.45) is 6.23. The van der Waals surface area contributed by atoms with Gasteiger partial charge < -0.3 is 10.1 Å². The van der Waals surface area contributed by atoms with Crippen molar-refractivity contribution in [1.82, 2.24) is 9.88 Å². The van der Waals surface area contributed by atoms with Crippen molar-refractivity contribution >= 4 is 5.69 Å². The molecule has 3 heterocycles. The van der Waals surface area contributed by atoms with E-state index in [1.807, 2.05) is 12.4 Å². The number of pyridine rings is 1. The Kier molecular flexibility index (Phi) is 3.48. The Hall–Kier alpha value is -1.13. The smallest absolute Gasteiger partial charge is 0.0645 e. The Bertz CT molecular complexity index is 398. The minimum Gasteiger partial charge on any atom is -0.381 e. The molecule has 0 amide bonds. The molecule has 0 spiro atoms. The predicted molar refractivity (Wildman–Crippen MR) is 71.8 cm³/mol. The number of aromatic nitrogens is 1. The molecule has 0 unspecified atom stereocenters. The highest BCUT2D eigenvalue weighted by Gasteiger charge is 2.29. The SMILES string of the molecule is Cc1cncc(NC2CCN(C3COC3)CC2)c1. The van der Waals surface area contributed by atoms with Gasteiger partial charge in [-0.15, -0.1) is 0 Å². The zero-order valence-electron chi connectivity index (χ0n) is 10.9. The molecule has 4 heteroatoms. The van der Waals surface area contributed by atoms with Crippen molar-refractivity contribution in [3.05, 3.63) is 24.0 Å². The van der Waals surface area contributed by atoms with Crippen molar-refractivity contribution in [3.8, 4) is 0 Å². The quantitative estimate of drug-likeness (QED) is 0.881. The van der Waals surface area contributed by atoms with E-state index in [-0.39, 0.29) is 0 Å². The fraction of sp³-hybridized carbons (Fsp3) is 0.643. The Morgan fingerprint density at radius 2 is 2.06 bits per heavy atom. The monoisotopic (exact) mass is 247 g/mol. The summed E-state index contributed by atoms with van der Waals surface area (Å²) in [7, 11) is 0. The minimum atomic E-state index is 0.589.